The monoisotopic (exact) mass is 293 g/mol. The lowest BCUT2D eigenvalue weighted by atomic mass is 9.90. The van der Waals surface area contributed by atoms with E-state index in [2.05, 4.69) is 41.7 Å². The van der Waals surface area contributed by atoms with Gasteiger partial charge in [-0.2, -0.15) is 0 Å². The standard InChI is InChI=1S/C20H23NO/c1-15(16-8-4-2-5-9-16)21-20(22)14-19(18-12-13-18)17-10-6-3-7-11-17/h2-11,15,18-19H,12-14H2,1H3,(H,21,22). The topological polar surface area (TPSA) is 29.1 Å². The lowest BCUT2D eigenvalue weighted by molar-refractivity contribution is -0.122. The molecule has 2 unspecified atom stereocenters. The number of amides is 1. The molecule has 0 aromatic heterocycles. The molecule has 0 heterocycles. The fourth-order valence-corrected chi connectivity index (χ4v) is 3.08. The molecule has 22 heavy (non-hydrogen) atoms. The smallest absolute Gasteiger partial charge is 0.221 e. The van der Waals surface area contributed by atoms with Crippen LogP contribution < -0.4 is 5.32 Å². The van der Waals surface area contributed by atoms with Crippen molar-refractivity contribution in [3.8, 4) is 0 Å². The molecule has 2 aromatic rings. The van der Waals surface area contributed by atoms with Gasteiger partial charge >= 0.3 is 0 Å². The number of hydrogen-bond donors (Lipinski definition) is 1. The van der Waals surface area contributed by atoms with Crippen LogP contribution in [0.4, 0.5) is 0 Å². The molecule has 0 saturated heterocycles. The van der Waals surface area contributed by atoms with Gasteiger partial charge in [-0.05, 0) is 42.7 Å². The van der Waals surface area contributed by atoms with Crippen molar-refractivity contribution in [2.24, 2.45) is 5.92 Å². The van der Waals surface area contributed by atoms with Crippen LogP contribution in [0.25, 0.3) is 0 Å². The van der Waals surface area contributed by atoms with Gasteiger partial charge in [-0.15, -0.1) is 0 Å². The zero-order valence-corrected chi connectivity index (χ0v) is 13.0. The summed E-state index contributed by atoms with van der Waals surface area (Å²) in [5, 5.41) is 3.14. The van der Waals surface area contributed by atoms with E-state index >= 15 is 0 Å². The van der Waals surface area contributed by atoms with E-state index < -0.39 is 0 Å². The first kappa shape index (κ1) is 14.8. The first-order valence-electron chi connectivity index (χ1n) is 8.13. The maximum Gasteiger partial charge on any atom is 0.221 e. The second kappa shape index (κ2) is 6.78. The second-order valence-electron chi connectivity index (χ2n) is 6.26. The summed E-state index contributed by atoms with van der Waals surface area (Å²) in [6.07, 6.45) is 3.09. The average molecular weight is 293 g/mol. The Kier molecular flexibility index (Phi) is 4.57. The Hall–Kier alpha value is -2.09. The molecule has 1 N–H and O–H groups in total. The van der Waals surface area contributed by atoms with Crippen molar-refractivity contribution in [3.63, 3.8) is 0 Å². The first-order chi connectivity index (χ1) is 10.7. The summed E-state index contributed by atoms with van der Waals surface area (Å²) < 4.78 is 0. The molecule has 0 radical (unpaired) electrons. The number of carbonyl (C=O) groups is 1. The third-order valence-electron chi connectivity index (χ3n) is 4.50. The third-order valence-corrected chi connectivity index (χ3v) is 4.50. The van der Waals surface area contributed by atoms with Crippen LogP contribution in [0.15, 0.2) is 60.7 Å². The fourth-order valence-electron chi connectivity index (χ4n) is 3.08. The zero-order valence-electron chi connectivity index (χ0n) is 13.0. The molecule has 2 aromatic carbocycles. The molecule has 1 fully saturated rings. The van der Waals surface area contributed by atoms with Crippen LogP contribution in [-0.4, -0.2) is 5.91 Å². The molecule has 114 valence electrons. The van der Waals surface area contributed by atoms with E-state index in [0.29, 0.717) is 18.3 Å². The lowest BCUT2D eigenvalue weighted by Crippen LogP contribution is -2.28. The van der Waals surface area contributed by atoms with E-state index in [1.165, 1.54) is 18.4 Å². The van der Waals surface area contributed by atoms with Gasteiger partial charge in [0.1, 0.15) is 0 Å². The SMILES string of the molecule is CC(NC(=O)CC(c1ccccc1)C1CC1)c1ccccc1. The summed E-state index contributed by atoms with van der Waals surface area (Å²) in [6, 6.07) is 20.6. The van der Waals surface area contributed by atoms with Gasteiger partial charge < -0.3 is 5.32 Å². The van der Waals surface area contributed by atoms with Gasteiger partial charge in [-0.1, -0.05) is 60.7 Å². The van der Waals surface area contributed by atoms with E-state index in [1.54, 1.807) is 0 Å². The van der Waals surface area contributed by atoms with Crippen molar-refractivity contribution >= 4 is 5.91 Å². The summed E-state index contributed by atoms with van der Waals surface area (Å²) in [7, 11) is 0. The Balaban J connectivity index is 1.62. The minimum absolute atomic E-state index is 0.0596. The van der Waals surface area contributed by atoms with Gasteiger partial charge in [0.05, 0.1) is 6.04 Å². The van der Waals surface area contributed by atoms with Gasteiger partial charge in [0.15, 0.2) is 0 Å². The molecule has 0 bridgehead atoms. The highest BCUT2D eigenvalue weighted by atomic mass is 16.1. The summed E-state index contributed by atoms with van der Waals surface area (Å²) in [5.41, 5.74) is 2.45. The summed E-state index contributed by atoms with van der Waals surface area (Å²) >= 11 is 0. The van der Waals surface area contributed by atoms with Gasteiger partial charge in [0.25, 0.3) is 0 Å². The Morgan fingerprint density at radius 1 is 1.00 bits per heavy atom. The van der Waals surface area contributed by atoms with Gasteiger partial charge in [-0.25, -0.2) is 0 Å². The maximum atomic E-state index is 12.4. The Morgan fingerprint density at radius 2 is 1.55 bits per heavy atom. The second-order valence-corrected chi connectivity index (χ2v) is 6.26. The van der Waals surface area contributed by atoms with Crippen LogP contribution in [0, 0.1) is 5.92 Å². The number of benzene rings is 2. The van der Waals surface area contributed by atoms with E-state index in [9.17, 15) is 4.79 Å². The van der Waals surface area contributed by atoms with Crippen molar-refractivity contribution < 1.29 is 4.79 Å². The molecule has 2 heteroatoms. The van der Waals surface area contributed by atoms with Crippen molar-refractivity contribution in [2.75, 3.05) is 0 Å². The first-order valence-corrected chi connectivity index (χ1v) is 8.13. The van der Waals surface area contributed by atoms with Crippen LogP contribution in [0.1, 0.15) is 49.3 Å². The summed E-state index contributed by atoms with van der Waals surface area (Å²) in [4.78, 5) is 12.4. The van der Waals surface area contributed by atoms with E-state index in [0.717, 1.165) is 5.56 Å². The largest absolute Gasteiger partial charge is 0.350 e. The van der Waals surface area contributed by atoms with E-state index in [-0.39, 0.29) is 11.9 Å². The number of carbonyl (C=O) groups excluding carboxylic acids is 1. The minimum Gasteiger partial charge on any atom is -0.350 e. The van der Waals surface area contributed by atoms with Gasteiger partial charge in [-0.3, -0.25) is 4.79 Å². The number of hydrogen-bond acceptors (Lipinski definition) is 1. The van der Waals surface area contributed by atoms with Crippen LogP contribution in [-0.2, 0) is 4.79 Å². The normalized spacial score (nSPS) is 16.8. The van der Waals surface area contributed by atoms with Crippen LogP contribution in [0.3, 0.4) is 0 Å². The highest BCUT2D eigenvalue weighted by Crippen LogP contribution is 2.44. The molecule has 0 aliphatic heterocycles. The van der Waals surface area contributed by atoms with E-state index in [4.69, 9.17) is 0 Å². The summed E-state index contributed by atoms with van der Waals surface area (Å²) in [6.45, 7) is 2.04. The van der Waals surface area contributed by atoms with Crippen molar-refractivity contribution in [1.29, 1.82) is 0 Å². The molecule has 1 aliphatic rings. The van der Waals surface area contributed by atoms with Gasteiger partial charge in [0.2, 0.25) is 5.91 Å². The van der Waals surface area contributed by atoms with Gasteiger partial charge in [0, 0.05) is 6.42 Å². The lowest BCUT2D eigenvalue weighted by Gasteiger charge is -2.19. The highest BCUT2D eigenvalue weighted by molar-refractivity contribution is 5.77. The summed E-state index contributed by atoms with van der Waals surface area (Å²) in [5.74, 6) is 1.20. The Labute approximate surface area is 132 Å². The molecule has 2 atom stereocenters. The van der Waals surface area contributed by atoms with Crippen molar-refractivity contribution in [2.45, 2.75) is 38.1 Å². The van der Waals surface area contributed by atoms with Crippen molar-refractivity contribution in [3.05, 3.63) is 71.8 Å². The fraction of sp³-hybridized carbons (Fsp3) is 0.350. The molecule has 2 nitrogen and oxygen atoms in total. The molecular formula is C20H23NO. The number of rotatable bonds is 6. The Bertz CT molecular complexity index is 604. The third kappa shape index (κ3) is 3.76. The molecule has 3 rings (SSSR count). The molecule has 1 amide bonds. The van der Waals surface area contributed by atoms with Crippen LogP contribution in [0.2, 0.25) is 0 Å². The van der Waals surface area contributed by atoms with Crippen LogP contribution >= 0.6 is 0 Å². The average Bonchev–Trinajstić information content (AvgIpc) is 3.39. The Morgan fingerprint density at radius 3 is 2.09 bits per heavy atom. The highest BCUT2D eigenvalue weighted by Gasteiger charge is 2.33. The molecule has 1 saturated carbocycles. The van der Waals surface area contributed by atoms with E-state index in [1.807, 2.05) is 31.2 Å². The van der Waals surface area contributed by atoms with Crippen molar-refractivity contribution in [1.82, 2.24) is 5.32 Å². The molecule has 0 spiro atoms. The minimum atomic E-state index is 0.0596. The number of nitrogens with one attached hydrogen (secondary N) is 1. The predicted molar refractivity (Wildman–Crippen MR) is 89.5 cm³/mol. The molecule has 1 aliphatic carbocycles. The maximum absolute atomic E-state index is 12.4. The predicted octanol–water partition coefficient (Wildman–Crippen LogP) is 4.45. The molecular weight excluding hydrogens is 270 g/mol. The zero-order chi connectivity index (χ0) is 15.4. The van der Waals surface area contributed by atoms with Crippen LogP contribution in [0.5, 0.6) is 0 Å². The quantitative estimate of drug-likeness (QED) is 0.837.